The lowest BCUT2D eigenvalue weighted by Crippen LogP contribution is -2.30. The second kappa shape index (κ2) is 14.6. The van der Waals surface area contributed by atoms with Crippen molar-refractivity contribution < 1.29 is 0 Å². The van der Waals surface area contributed by atoms with E-state index in [0.717, 1.165) is 6.54 Å². The van der Waals surface area contributed by atoms with E-state index in [4.69, 9.17) is 0 Å². The number of unbranched alkanes of at least 4 members (excludes halogenated alkanes) is 8. The van der Waals surface area contributed by atoms with Gasteiger partial charge in [0.15, 0.2) is 0 Å². The maximum atomic E-state index is 3.67. The second-order valence-corrected chi connectivity index (χ2v) is 10.7. The number of hydrogen-bond donors (Lipinski definition) is 2. The lowest BCUT2D eigenvalue weighted by atomic mass is 9.73. The van der Waals surface area contributed by atoms with E-state index in [9.17, 15) is 0 Å². The Balaban J connectivity index is 1.03. The van der Waals surface area contributed by atoms with Crippen molar-refractivity contribution in [2.24, 2.45) is 0 Å². The van der Waals surface area contributed by atoms with Crippen LogP contribution in [0.3, 0.4) is 0 Å². The van der Waals surface area contributed by atoms with Crippen LogP contribution in [0.25, 0.3) is 12.2 Å². The van der Waals surface area contributed by atoms with Crippen LogP contribution < -0.4 is 21.1 Å². The van der Waals surface area contributed by atoms with Crippen molar-refractivity contribution in [3.05, 3.63) is 69.7 Å². The molecule has 4 rings (SSSR count). The summed E-state index contributed by atoms with van der Waals surface area (Å²) in [5.74, 6) is 0.956. The van der Waals surface area contributed by atoms with Gasteiger partial charge in [0, 0.05) is 11.8 Å². The van der Waals surface area contributed by atoms with Crippen LogP contribution in [0.4, 0.5) is 0 Å². The van der Waals surface area contributed by atoms with Crippen molar-refractivity contribution in [2.75, 3.05) is 26.2 Å². The van der Waals surface area contributed by atoms with Gasteiger partial charge in [-0.05, 0) is 86.3 Å². The van der Waals surface area contributed by atoms with Gasteiger partial charge in [-0.25, -0.2) is 0 Å². The van der Waals surface area contributed by atoms with E-state index >= 15 is 0 Å². The van der Waals surface area contributed by atoms with Crippen LogP contribution in [0.15, 0.2) is 48.1 Å². The van der Waals surface area contributed by atoms with E-state index in [-0.39, 0.29) is 0 Å². The average Bonchev–Trinajstić information content (AvgIpc) is 2.89. The Morgan fingerprint density at radius 3 is 1.97 bits per heavy atom. The summed E-state index contributed by atoms with van der Waals surface area (Å²) in [5, 5.41) is 10.1. The van der Waals surface area contributed by atoms with Gasteiger partial charge in [0.2, 0.25) is 0 Å². The molecule has 0 spiro atoms. The van der Waals surface area contributed by atoms with Gasteiger partial charge in [-0.2, -0.15) is 0 Å². The van der Waals surface area contributed by atoms with Gasteiger partial charge in [-0.1, -0.05) is 106 Å². The van der Waals surface area contributed by atoms with E-state index in [1.807, 2.05) is 0 Å². The minimum absolute atomic E-state index is 0.467. The molecule has 3 aliphatic rings. The molecule has 2 nitrogen and oxygen atoms in total. The molecule has 1 aromatic carbocycles. The summed E-state index contributed by atoms with van der Waals surface area (Å²) in [6.07, 6.45) is 32.5. The third-order valence-electron chi connectivity index (χ3n) is 7.96. The third kappa shape index (κ3) is 7.54. The molecule has 0 saturated heterocycles. The molecular weight excluding hydrogens is 424 g/mol. The molecule has 0 aromatic heterocycles. The Labute approximate surface area is 214 Å². The first-order valence-corrected chi connectivity index (χ1v) is 14.7. The molecule has 0 radical (unpaired) electrons. The first-order chi connectivity index (χ1) is 17.4. The van der Waals surface area contributed by atoms with E-state index in [0.29, 0.717) is 11.8 Å². The number of benzene rings is 1. The fourth-order valence-electron chi connectivity index (χ4n) is 5.93. The minimum atomic E-state index is 0.467. The highest BCUT2D eigenvalue weighted by molar-refractivity contribution is 5.62. The van der Waals surface area contributed by atoms with Gasteiger partial charge in [0.05, 0.1) is 0 Å². The standard InChI is InChI=1S/C33H48N2/c1-2-3-4-5-6-9-23-34-24-10-7-11-25-35-26-12-8-14-27-17-18-30-20-19-28-15-13-16-29-21-22-31(27)33(30)32(28)29/h13,15-22,29,31,34-35H,2-12,14,23-26H2,1H3. The second-order valence-electron chi connectivity index (χ2n) is 10.7. The quantitative estimate of drug-likeness (QED) is 0.191. The monoisotopic (exact) mass is 472 g/mol. The molecule has 2 N–H and O–H groups in total. The van der Waals surface area contributed by atoms with Crippen LogP contribution in [0.5, 0.6) is 0 Å². The summed E-state index contributed by atoms with van der Waals surface area (Å²) in [4.78, 5) is 0. The molecule has 1 aromatic rings. The maximum Gasteiger partial charge on any atom is 0.0241 e. The van der Waals surface area contributed by atoms with Crippen LogP contribution >= 0.6 is 0 Å². The smallest absolute Gasteiger partial charge is 0.0241 e. The first kappa shape index (κ1) is 26.2. The molecule has 2 unspecified atom stereocenters. The van der Waals surface area contributed by atoms with Gasteiger partial charge in [-0.3, -0.25) is 0 Å². The zero-order chi connectivity index (χ0) is 24.1. The van der Waals surface area contributed by atoms with Gasteiger partial charge >= 0.3 is 0 Å². The molecule has 2 atom stereocenters. The largest absolute Gasteiger partial charge is 0.317 e. The molecule has 0 heterocycles. The highest BCUT2D eigenvalue weighted by Crippen LogP contribution is 2.38. The van der Waals surface area contributed by atoms with Crippen molar-refractivity contribution in [1.29, 1.82) is 0 Å². The normalized spacial score (nSPS) is 19.2. The topological polar surface area (TPSA) is 24.1 Å². The fourth-order valence-corrected chi connectivity index (χ4v) is 5.93. The first-order valence-electron chi connectivity index (χ1n) is 14.7. The Kier molecular flexibility index (Phi) is 10.9. The van der Waals surface area contributed by atoms with E-state index < -0.39 is 0 Å². The molecule has 35 heavy (non-hydrogen) atoms. The summed E-state index contributed by atoms with van der Waals surface area (Å²) in [6.45, 7) is 7.01. The van der Waals surface area contributed by atoms with Crippen LogP contribution in [0, 0.1) is 0 Å². The van der Waals surface area contributed by atoms with Crippen LogP contribution in [-0.2, 0) is 0 Å². The zero-order valence-electron chi connectivity index (χ0n) is 22.2. The summed E-state index contributed by atoms with van der Waals surface area (Å²) in [7, 11) is 0. The predicted molar refractivity (Wildman–Crippen MR) is 153 cm³/mol. The maximum absolute atomic E-state index is 3.67. The zero-order valence-corrected chi connectivity index (χ0v) is 22.2. The van der Waals surface area contributed by atoms with Gasteiger partial charge < -0.3 is 10.6 Å². The molecule has 0 bridgehead atoms. The van der Waals surface area contributed by atoms with Gasteiger partial charge in [-0.15, -0.1) is 0 Å². The summed E-state index contributed by atoms with van der Waals surface area (Å²) < 4.78 is 0. The Hall–Kier alpha value is -1.90. The number of nitrogens with one attached hydrogen (secondary N) is 2. The SMILES string of the molecule is CCCCCCCCNCCCCCNCCCCC1=CC=c2ccc3c4c2C1C=CC4C=CC=3. The van der Waals surface area contributed by atoms with Crippen molar-refractivity contribution in [3.8, 4) is 0 Å². The van der Waals surface area contributed by atoms with Crippen molar-refractivity contribution in [1.82, 2.24) is 10.6 Å². The average molecular weight is 473 g/mol. The van der Waals surface area contributed by atoms with Crippen molar-refractivity contribution in [3.63, 3.8) is 0 Å². The van der Waals surface area contributed by atoms with E-state index in [1.54, 1.807) is 16.7 Å². The van der Waals surface area contributed by atoms with Gasteiger partial charge in [0.25, 0.3) is 0 Å². The fraction of sp³-hybridized carbons (Fsp3) is 0.576. The van der Waals surface area contributed by atoms with Crippen molar-refractivity contribution in [2.45, 2.75) is 95.8 Å². The summed E-state index contributed by atoms with van der Waals surface area (Å²) in [6, 6.07) is 4.62. The minimum Gasteiger partial charge on any atom is -0.317 e. The number of allylic oxidation sites excluding steroid dienone is 6. The molecule has 3 aliphatic carbocycles. The number of hydrogen-bond acceptors (Lipinski definition) is 2. The lowest BCUT2D eigenvalue weighted by molar-refractivity contribution is 0.539. The lowest BCUT2D eigenvalue weighted by Gasteiger charge is -2.31. The van der Waals surface area contributed by atoms with Gasteiger partial charge in [0.1, 0.15) is 0 Å². The molecular formula is C33H48N2. The molecule has 0 aliphatic heterocycles. The Morgan fingerprint density at radius 2 is 1.23 bits per heavy atom. The molecule has 2 heteroatoms. The van der Waals surface area contributed by atoms with Crippen LogP contribution in [-0.4, -0.2) is 26.2 Å². The number of rotatable bonds is 18. The third-order valence-corrected chi connectivity index (χ3v) is 7.96. The molecule has 0 saturated carbocycles. The summed E-state index contributed by atoms with van der Waals surface area (Å²) in [5.41, 5.74) is 4.73. The molecule has 0 fully saturated rings. The highest BCUT2D eigenvalue weighted by Gasteiger charge is 2.27. The Bertz CT molecular complexity index is 997. The Morgan fingerprint density at radius 1 is 0.600 bits per heavy atom. The van der Waals surface area contributed by atoms with E-state index in [2.05, 4.69) is 72.2 Å². The highest BCUT2D eigenvalue weighted by atomic mass is 14.8. The predicted octanol–water partition coefficient (Wildman–Crippen LogP) is 6.37. The van der Waals surface area contributed by atoms with Crippen molar-refractivity contribution >= 4 is 12.2 Å². The summed E-state index contributed by atoms with van der Waals surface area (Å²) >= 11 is 0. The molecule has 0 amide bonds. The van der Waals surface area contributed by atoms with Crippen LogP contribution in [0.2, 0.25) is 0 Å². The molecule has 190 valence electrons. The van der Waals surface area contributed by atoms with Crippen LogP contribution in [0.1, 0.15) is 107 Å². The van der Waals surface area contributed by atoms with E-state index in [1.165, 1.54) is 107 Å².